The van der Waals surface area contributed by atoms with Crippen molar-refractivity contribution in [2.45, 2.75) is 39.0 Å². The van der Waals surface area contributed by atoms with Crippen LogP contribution in [-0.2, 0) is 50.9 Å². The lowest BCUT2D eigenvalue weighted by Crippen LogP contribution is -2.14. The Morgan fingerprint density at radius 3 is 1.73 bits per heavy atom. The molecule has 0 fully saturated rings. The fourth-order valence-corrected chi connectivity index (χ4v) is 4.71. The van der Waals surface area contributed by atoms with Crippen LogP contribution in [0.3, 0.4) is 0 Å². The number of carboxylic acids is 1. The number of aromatic nitrogens is 1. The standard InChI is InChI=1S/C38H48ClNO11/c1-29-25-31(6-9-35(29)39)27-32(41)26-30-4-7-33(8-5-30)51-34-10-12-40-36(28-34)37(42)3-2-13-45-15-17-47-19-21-49-23-24-50-22-20-48-18-16-46-14-11-38(43)44/h4-10,12,25,28H,2-3,11,13-24,26-27H2,1H3,(H,43,44). The van der Waals surface area contributed by atoms with Crippen molar-refractivity contribution in [2.75, 3.05) is 79.3 Å². The molecule has 0 atom stereocenters. The second-order valence-corrected chi connectivity index (χ2v) is 11.9. The average molecular weight is 730 g/mol. The van der Waals surface area contributed by atoms with Crippen LogP contribution >= 0.6 is 11.6 Å². The molecule has 1 aromatic heterocycles. The van der Waals surface area contributed by atoms with Gasteiger partial charge in [-0.3, -0.25) is 19.4 Å². The highest BCUT2D eigenvalue weighted by atomic mass is 35.5. The van der Waals surface area contributed by atoms with Crippen LogP contribution < -0.4 is 4.74 Å². The Hall–Kier alpha value is -3.75. The van der Waals surface area contributed by atoms with E-state index in [1.165, 1.54) is 0 Å². The third-order valence-corrected chi connectivity index (χ3v) is 7.64. The summed E-state index contributed by atoms with van der Waals surface area (Å²) in [5, 5.41) is 9.20. The average Bonchev–Trinajstić information content (AvgIpc) is 3.11. The van der Waals surface area contributed by atoms with Crippen LogP contribution in [-0.4, -0.2) is 107 Å². The molecule has 3 aromatic rings. The normalized spacial score (nSPS) is 11.1. The van der Waals surface area contributed by atoms with Crippen molar-refractivity contribution in [2.24, 2.45) is 0 Å². The maximum Gasteiger partial charge on any atom is 0.305 e. The lowest BCUT2D eigenvalue weighted by molar-refractivity contribution is -0.138. The van der Waals surface area contributed by atoms with Crippen LogP contribution in [0.15, 0.2) is 60.8 Å². The van der Waals surface area contributed by atoms with Gasteiger partial charge in [-0.25, -0.2) is 0 Å². The van der Waals surface area contributed by atoms with E-state index in [2.05, 4.69) is 4.98 Å². The van der Waals surface area contributed by atoms with E-state index in [4.69, 9.17) is 49.9 Å². The molecule has 3 rings (SSSR count). The number of aliphatic carboxylic acids is 1. The van der Waals surface area contributed by atoms with Crippen molar-refractivity contribution in [3.63, 3.8) is 0 Å². The molecule has 13 heteroatoms. The maximum absolute atomic E-state index is 12.7. The summed E-state index contributed by atoms with van der Waals surface area (Å²) < 4.78 is 38.3. The molecular formula is C38H48ClNO11. The number of pyridine rings is 1. The van der Waals surface area contributed by atoms with Crippen LogP contribution in [0.5, 0.6) is 11.5 Å². The summed E-state index contributed by atoms with van der Waals surface area (Å²) in [6.07, 6.45) is 3.04. The van der Waals surface area contributed by atoms with Gasteiger partial charge in [-0.15, -0.1) is 0 Å². The number of benzene rings is 2. The summed E-state index contributed by atoms with van der Waals surface area (Å²) in [6, 6.07) is 16.3. The van der Waals surface area contributed by atoms with Crippen molar-refractivity contribution in [3.8, 4) is 11.5 Å². The molecule has 1 heterocycles. The van der Waals surface area contributed by atoms with Gasteiger partial charge in [0.25, 0.3) is 0 Å². The van der Waals surface area contributed by atoms with Crippen LogP contribution in [0.1, 0.15) is 46.4 Å². The molecule has 0 saturated carbocycles. The number of halogens is 1. The van der Waals surface area contributed by atoms with Gasteiger partial charge in [-0.2, -0.15) is 0 Å². The number of rotatable bonds is 29. The maximum atomic E-state index is 12.7. The predicted molar refractivity (Wildman–Crippen MR) is 190 cm³/mol. The molecule has 0 bridgehead atoms. The van der Waals surface area contributed by atoms with E-state index >= 15 is 0 Å². The molecule has 0 radical (unpaired) electrons. The summed E-state index contributed by atoms with van der Waals surface area (Å²) in [4.78, 5) is 39.8. The number of ether oxygens (including phenoxy) is 7. The molecule has 0 spiro atoms. The first-order valence-electron chi connectivity index (χ1n) is 17.0. The highest BCUT2D eigenvalue weighted by Gasteiger charge is 2.11. The Morgan fingerprint density at radius 1 is 0.627 bits per heavy atom. The monoisotopic (exact) mass is 729 g/mol. The molecule has 278 valence electrons. The van der Waals surface area contributed by atoms with Gasteiger partial charge in [0, 0.05) is 43.2 Å². The van der Waals surface area contributed by atoms with E-state index in [1.54, 1.807) is 30.5 Å². The Labute approximate surface area is 304 Å². The minimum Gasteiger partial charge on any atom is -0.481 e. The zero-order chi connectivity index (χ0) is 36.5. The van der Waals surface area contributed by atoms with E-state index in [0.29, 0.717) is 121 Å². The highest BCUT2D eigenvalue weighted by Crippen LogP contribution is 2.23. The van der Waals surface area contributed by atoms with Gasteiger partial charge in [-0.1, -0.05) is 35.9 Å². The summed E-state index contributed by atoms with van der Waals surface area (Å²) in [7, 11) is 0. The van der Waals surface area contributed by atoms with Crippen LogP contribution in [0, 0.1) is 6.92 Å². The third-order valence-electron chi connectivity index (χ3n) is 7.21. The number of carbonyl (C=O) groups excluding carboxylic acids is 2. The second kappa shape index (κ2) is 25.2. The number of nitrogens with zero attached hydrogens (tertiary/aromatic N) is 1. The van der Waals surface area contributed by atoms with Gasteiger partial charge in [0.1, 0.15) is 23.0 Å². The SMILES string of the molecule is Cc1cc(CC(=O)Cc2ccc(Oc3ccnc(C(=O)CCCOCCOCCOCCOCCOCCOCCC(=O)O)c3)cc2)ccc1Cl. The quantitative estimate of drug-likeness (QED) is 0.0687. The van der Waals surface area contributed by atoms with Crippen molar-refractivity contribution in [1.29, 1.82) is 0 Å². The van der Waals surface area contributed by atoms with Crippen molar-refractivity contribution in [1.82, 2.24) is 4.98 Å². The minimum absolute atomic E-state index is 0.0154. The zero-order valence-electron chi connectivity index (χ0n) is 29.1. The molecule has 0 amide bonds. The topological polar surface area (TPSA) is 149 Å². The third kappa shape index (κ3) is 18.9. The molecule has 0 aliphatic rings. The Kier molecular flexibility index (Phi) is 20.6. The molecule has 1 N–H and O–H groups in total. The second-order valence-electron chi connectivity index (χ2n) is 11.4. The lowest BCUT2D eigenvalue weighted by Gasteiger charge is -2.09. The first-order chi connectivity index (χ1) is 24.8. The van der Waals surface area contributed by atoms with Crippen LogP contribution in [0.25, 0.3) is 0 Å². The predicted octanol–water partition coefficient (Wildman–Crippen LogP) is 5.73. The molecule has 0 aliphatic carbocycles. The van der Waals surface area contributed by atoms with Gasteiger partial charge in [0.2, 0.25) is 0 Å². The molecular weight excluding hydrogens is 682 g/mol. The summed E-state index contributed by atoms with van der Waals surface area (Å²) in [5.41, 5.74) is 3.11. The minimum atomic E-state index is -0.885. The number of carbonyl (C=O) groups is 3. The summed E-state index contributed by atoms with van der Waals surface area (Å²) in [6.45, 7) is 6.72. The number of aryl methyl sites for hydroxylation is 1. The Bertz CT molecular complexity index is 1470. The molecule has 51 heavy (non-hydrogen) atoms. The molecule has 2 aromatic carbocycles. The number of ketones is 2. The largest absolute Gasteiger partial charge is 0.481 e. The molecule has 0 aliphatic heterocycles. The first-order valence-corrected chi connectivity index (χ1v) is 17.4. The van der Waals surface area contributed by atoms with E-state index in [9.17, 15) is 14.4 Å². The molecule has 0 saturated heterocycles. The van der Waals surface area contributed by atoms with Crippen LogP contribution in [0.4, 0.5) is 0 Å². The number of Topliss-reactive ketones (excluding diaryl/α,β-unsaturated/α-hetero) is 2. The van der Waals surface area contributed by atoms with E-state index < -0.39 is 5.97 Å². The number of carboxylic acid groups (broad SMARTS) is 1. The highest BCUT2D eigenvalue weighted by molar-refractivity contribution is 6.31. The van der Waals surface area contributed by atoms with E-state index in [0.717, 1.165) is 16.7 Å². The van der Waals surface area contributed by atoms with Crippen LogP contribution in [0.2, 0.25) is 5.02 Å². The van der Waals surface area contributed by atoms with Gasteiger partial charge in [-0.05, 0) is 54.3 Å². The Balaban J connectivity index is 1.16. The fourth-order valence-electron chi connectivity index (χ4n) is 4.60. The number of hydrogen-bond donors (Lipinski definition) is 1. The van der Waals surface area contributed by atoms with Crippen molar-refractivity contribution >= 4 is 29.1 Å². The van der Waals surface area contributed by atoms with Crippen molar-refractivity contribution < 1.29 is 52.6 Å². The molecule has 12 nitrogen and oxygen atoms in total. The summed E-state index contributed by atoms with van der Waals surface area (Å²) >= 11 is 6.08. The fraction of sp³-hybridized carbons (Fsp3) is 0.474. The van der Waals surface area contributed by atoms with Crippen molar-refractivity contribution in [3.05, 3.63) is 88.2 Å². The number of hydrogen-bond acceptors (Lipinski definition) is 11. The smallest absolute Gasteiger partial charge is 0.305 e. The first kappa shape index (κ1) is 41.7. The molecule has 0 unspecified atom stereocenters. The van der Waals surface area contributed by atoms with Gasteiger partial charge in [0.05, 0.1) is 79.1 Å². The summed E-state index contributed by atoms with van der Waals surface area (Å²) in [5.74, 6) is 0.219. The van der Waals surface area contributed by atoms with Gasteiger partial charge >= 0.3 is 5.97 Å². The van der Waals surface area contributed by atoms with Gasteiger partial charge < -0.3 is 38.3 Å². The lowest BCUT2D eigenvalue weighted by atomic mass is 10.0. The van der Waals surface area contributed by atoms with Gasteiger partial charge in [0.15, 0.2) is 5.78 Å². The zero-order valence-corrected chi connectivity index (χ0v) is 29.9. The Morgan fingerprint density at radius 2 is 1.16 bits per heavy atom. The van der Waals surface area contributed by atoms with E-state index in [1.807, 2.05) is 37.3 Å². The van der Waals surface area contributed by atoms with E-state index in [-0.39, 0.29) is 24.6 Å².